The molecule has 32 heavy (non-hydrogen) atoms. The fraction of sp³-hybridized carbons (Fsp3) is 0.217. The van der Waals surface area contributed by atoms with E-state index in [9.17, 15) is 0 Å². The van der Waals surface area contributed by atoms with E-state index in [2.05, 4.69) is 38.5 Å². The maximum atomic E-state index is 5.92. The molecule has 1 unspecified atom stereocenters. The van der Waals surface area contributed by atoms with Crippen LogP contribution in [0.3, 0.4) is 0 Å². The molecule has 0 spiro atoms. The van der Waals surface area contributed by atoms with Gasteiger partial charge in [0.25, 0.3) is 0 Å². The number of benzene rings is 1. The lowest BCUT2D eigenvalue weighted by Gasteiger charge is -2.08. The number of rotatable bonds is 5. The van der Waals surface area contributed by atoms with Crippen LogP contribution >= 0.6 is 0 Å². The molecule has 9 nitrogen and oxygen atoms in total. The number of fused-ring (bicyclic) bond motifs is 1. The van der Waals surface area contributed by atoms with Crippen molar-refractivity contribution in [3.8, 4) is 22.4 Å². The zero-order valence-electron chi connectivity index (χ0n) is 17.4. The molecule has 1 fully saturated rings. The average Bonchev–Trinajstić information content (AvgIpc) is 3.59. The molecule has 0 amide bonds. The number of nitrogen functional groups attached to an aromatic ring is 1. The van der Waals surface area contributed by atoms with E-state index in [0.29, 0.717) is 18.8 Å². The van der Waals surface area contributed by atoms with Gasteiger partial charge in [0.05, 0.1) is 37.3 Å². The number of nitrogens with two attached hydrogens (primary N) is 1. The van der Waals surface area contributed by atoms with Gasteiger partial charge in [0.15, 0.2) is 5.65 Å². The largest absolute Gasteiger partial charge is 0.379 e. The van der Waals surface area contributed by atoms with Crippen molar-refractivity contribution < 1.29 is 4.74 Å². The minimum absolute atomic E-state index is 0.236. The molecular weight excluding hydrogens is 404 g/mol. The third kappa shape index (κ3) is 3.42. The van der Waals surface area contributed by atoms with E-state index >= 15 is 0 Å². The predicted octanol–water partition coefficient (Wildman–Crippen LogP) is 3.05. The third-order valence-electron chi connectivity index (χ3n) is 5.78. The van der Waals surface area contributed by atoms with Gasteiger partial charge in [-0.15, -0.1) is 5.10 Å². The molecule has 0 radical (unpaired) electrons. The summed E-state index contributed by atoms with van der Waals surface area (Å²) >= 11 is 0. The van der Waals surface area contributed by atoms with Crippen LogP contribution in [0.5, 0.6) is 0 Å². The van der Waals surface area contributed by atoms with Crippen molar-refractivity contribution in [1.82, 2.24) is 34.2 Å². The summed E-state index contributed by atoms with van der Waals surface area (Å²) in [6.45, 7) is 2.17. The fourth-order valence-corrected chi connectivity index (χ4v) is 4.14. The average molecular weight is 426 g/mol. The van der Waals surface area contributed by atoms with Crippen molar-refractivity contribution in [3.63, 3.8) is 0 Å². The summed E-state index contributed by atoms with van der Waals surface area (Å²) in [6.07, 6.45) is 8.77. The van der Waals surface area contributed by atoms with Crippen LogP contribution in [0.1, 0.15) is 18.0 Å². The lowest BCUT2D eigenvalue weighted by atomic mass is 10.1. The summed E-state index contributed by atoms with van der Waals surface area (Å²) < 4.78 is 11.2. The molecule has 160 valence electrons. The highest BCUT2D eigenvalue weighted by Crippen LogP contribution is 2.29. The van der Waals surface area contributed by atoms with E-state index in [1.165, 1.54) is 5.56 Å². The van der Waals surface area contributed by atoms with E-state index in [0.717, 1.165) is 35.4 Å². The molecule has 6 rings (SSSR count). The second-order valence-electron chi connectivity index (χ2n) is 8.01. The van der Waals surface area contributed by atoms with Gasteiger partial charge >= 0.3 is 0 Å². The van der Waals surface area contributed by atoms with Gasteiger partial charge in [-0.25, -0.2) is 4.52 Å². The van der Waals surface area contributed by atoms with Crippen LogP contribution in [0.15, 0.2) is 67.3 Å². The minimum Gasteiger partial charge on any atom is -0.379 e. The number of ether oxygens (including phenoxy) is 1. The Bertz CT molecular complexity index is 1380. The molecule has 0 aliphatic carbocycles. The Morgan fingerprint density at radius 1 is 1.00 bits per heavy atom. The Labute approximate surface area is 184 Å². The summed E-state index contributed by atoms with van der Waals surface area (Å²) in [5.74, 6) is 0.236. The number of hydrogen-bond donors (Lipinski definition) is 1. The summed E-state index contributed by atoms with van der Waals surface area (Å²) in [4.78, 5) is 4.40. The highest BCUT2D eigenvalue weighted by Gasteiger charge is 2.20. The maximum Gasteiger partial charge on any atom is 0.240 e. The zero-order chi connectivity index (χ0) is 21.5. The van der Waals surface area contributed by atoms with Crippen molar-refractivity contribution in [1.29, 1.82) is 0 Å². The molecule has 1 aliphatic rings. The van der Waals surface area contributed by atoms with Crippen LogP contribution in [0.2, 0.25) is 0 Å². The van der Waals surface area contributed by atoms with Crippen LogP contribution in [0, 0.1) is 0 Å². The van der Waals surface area contributed by atoms with E-state index in [-0.39, 0.29) is 12.0 Å². The van der Waals surface area contributed by atoms with E-state index < -0.39 is 0 Å². The lowest BCUT2D eigenvalue weighted by Crippen LogP contribution is -2.08. The molecule has 1 atom stereocenters. The Morgan fingerprint density at radius 2 is 1.88 bits per heavy atom. The van der Waals surface area contributed by atoms with E-state index in [4.69, 9.17) is 10.5 Å². The molecule has 0 bridgehead atoms. The van der Waals surface area contributed by atoms with Crippen LogP contribution in [-0.4, -0.2) is 47.4 Å². The van der Waals surface area contributed by atoms with Crippen LogP contribution in [0.4, 0.5) is 5.95 Å². The van der Waals surface area contributed by atoms with Gasteiger partial charge in [-0.3, -0.25) is 9.36 Å². The first-order valence-electron chi connectivity index (χ1n) is 10.6. The van der Waals surface area contributed by atoms with Crippen molar-refractivity contribution in [2.75, 3.05) is 18.9 Å². The van der Waals surface area contributed by atoms with E-state index in [1.54, 1.807) is 4.52 Å². The molecule has 1 aliphatic heterocycles. The van der Waals surface area contributed by atoms with Crippen molar-refractivity contribution in [2.24, 2.45) is 0 Å². The van der Waals surface area contributed by atoms with Gasteiger partial charge in [0, 0.05) is 30.1 Å². The molecule has 4 aromatic heterocycles. The first-order valence-corrected chi connectivity index (χ1v) is 10.6. The summed E-state index contributed by atoms with van der Waals surface area (Å²) in [5, 5.41) is 13.5. The molecule has 2 N–H and O–H groups in total. The predicted molar refractivity (Wildman–Crippen MR) is 120 cm³/mol. The second-order valence-corrected chi connectivity index (χ2v) is 8.01. The normalized spacial score (nSPS) is 16.2. The molecule has 9 heteroatoms. The summed E-state index contributed by atoms with van der Waals surface area (Å²) in [7, 11) is 0. The quantitative estimate of drug-likeness (QED) is 0.464. The standard InChI is InChI=1S/C23H22N8O/c24-23-27-22-9-17(18-10-25-29(13-18)12-16-4-2-1-3-5-16)8-21(31(22)28-23)19-11-26-30(14-19)20-6-7-32-15-20/h1-5,8-11,13-14,20H,6-7,12,15H2,(H2,24,28). The zero-order valence-corrected chi connectivity index (χ0v) is 17.4. The van der Waals surface area contributed by atoms with Gasteiger partial charge in [0.2, 0.25) is 5.95 Å². The fourth-order valence-electron chi connectivity index (χ4n) is 4.14. The van der Waals surface area contributed by atoms with Crippen LogP contribution < -0.4 is 5.73 Å². The SMILES string of the molecule is Nc1nc2cc(-c3cnn(Cc4ccccc4)c3)cc(-c3cnn(C4CCOC4)c3)n2n1. The number of nitrogens with zero attached hydrogens (tertiary/aromatic N) is 7. The highest BCUT2D eigenvalue weighted by molar-refractivity contribution is 5.74. The van der Waals surface area contributed by atoms with Gasteiger partial charge in [-0.2, -0.15) is 15.2 Å². The third-order valence-corrected chi connectivity index (χ3v) is 5.78. The molecule has 0 saturated carbocycles. The summed E-state index contributed by atoms with van der Waals surface area (Å²) in [6, 6.07) is 14.6. The Hall–Kier alpha value is -3.98. The first kappa shape index (κ1) is 18.8. The number of anilines is 1. The minimum atomic E-state index is 0.236. The number of aromatic nitrogens is 7. The van der Waals surface area contributed by atoms with Crippen molar-refractivity contribution >= 4 is 11.6 Å². The molecule has 1 saturated heterocycles. The Balaban J connectivity index is 1.39. The van der Waals surface area contributed by atoms with Gasteiger partial charge < -0.3 is 10.5 Å². The monoisotopic (exact) mass is 426 g/mol. The maximum absolute atomic E-state index is 5.92. The lowest BCUT2D eigenvalue weighted by molar-refractivity contribution is 0.184. The smallest absolute Gasteiger partial charge is 0.240 e. The molecule has 5 heterocycles. The van der Waals surface area contributed by atoms with Gasteiger partial charge in [0.1, 0.15) is 0 Å². The number of pyridine rings is 1. The molecule has 5 aromatic rings. The highest BCUT2D eigenvalue weighted by atomic mass is 16.5. The molecular formula is C23H22N8O. The second kappa shape index (κ2) is 7.61. The van der Waals surface area contributed by atoms with Crippen LogP contribution in [0.25, 0.3) is 28.0 Å². The van der Waals surface area contributed by atoms with Gasteiger partial charge in [-0.05, 0) is 29.7 Å². The van der Waals surface area contributed by atoms with Crippen molar-refractivity contribution in [3.05, 3.63) is 72.8 Å². The Morgan fingerprint density at radius 3 is 2.72 bits per heavy atom. The topological polar surface area (TPSA) is 101 Å². The summed E-state index contributed by atoms with van der Waals surface area (Å²) in [5.41, 5.74) is 11.6. The molecule has 1 aromatic carbocycles. The van der Waals surface area contributed by atoms with E-state index in [1.807, 2.05) is 58.4 Å². The van der Waals surface area contributed by atoms with Crippen molar-refractivity contribution in [2.45, 2.75) is 19.0 Å². The first-order chi connectivity index (χ1) is 15.7. The van der Waals surface area contributed by atoms with Crippen LogP contribution in [-0.2, 0) is 11.3 Å². The van der Waals surface area contributed by atoms with Gasteiger partial charge in [-0.1, -0.05) is 30.3 Å². The number of hydrogen-bond acceptors (Lipinski definition) is 6. The Kier molecular flexibility index (Phi) is 4.46.